The lowest BCUT2D eigenvalue weighted by molar-refractivity contribution is 0.247. The van der Waals surface area contributed by atoms with Crippen molar-refractivity contribution in [1.29, 1.82) is 0 Å². The van der Waals surface area contributed by atoms with E-state index in [0.29, 0.717) is 22.5 Å². The second kappa shape index (κ2) is 5.94. The van der Waals surface area contributed by atoms with E-state index >= 15 is 0 Å². The number of hydrogen-bond acceptors (Lipinski definition) is 6. The van der Waals surface area contributed by atoms with Gasteiger partial charge in [-0.05, 0) is 49.4 Å². The monoisotopic (exact) mass is 325 g/mol. The second-order valence-electron chi connectivity index (χ2n) is 6.93. The highest BCUT2D eigenvalue weighted by Crippen LogP contribution is 2.39. The number of nitrogens with one attached hydrogen (secondary N) is 1. The molecule has 0 radical (unpaired) electrons. The van der Waals surface area contributed by atoms with E-state index in [4.69, 9.17) is 5.73 Å². The third kappa shape index (κ3) is 2.67. The predicted octanol–water partition coefficient (Wildman–Crippen LogP) is 2.01. The van der Waals surface area contributed by atoms with Crippen molar-refractivity contribution >= 4 is 11.5 Å². The molecule has 24 heavy (non-hydrogen) atoms. The number of nitrogen functional groups attached to an aromatic ring is 1. The molecule has 6 heteroatoms. The van der Waals surface area contributed by atoms with Crippen LogP contribution in [0.2, 0.25) is 0 Å². The molecule has 0 atom stereocenters. The Balaban J connectivity index is 1.60. The van der Waals surface area contributed by atoms with Crippen molar-refractivity contribution in [2.45, 2.75) is 19.3 Å². The van der Waals surface area contributed by atoms with E-state index in [2.05, 4.69) is 20.4 Å². The summed E-state index contributed by atoms with van der Waals surface area (Å²) < 4.78 is 0. The molecule has 126 valence electrons. The molecule has 2 aliphatic rings. The minimum atomic E-state index is 0.206. The highest BCUT2D eigenvalue weighted by atomic mass is 16.3. The number of benzene rings is 1. The number of para-hydroxylation sites is 1. The summed E-state index contributed by atoms with van der Waals surface area (Å²) in [4.78, 5) is 2.30. The Hall–Kier alpha value is -2.34. The summed E-state index contributed by atoms with van der Waals surface area (Å²) in [6.45, 7) is 4.24. The lowest BCUT2D eigenvalue weighted by Gasteiger charge is -2.40. The SMILES string of the molecule is Nc1nnc(-c2ccccc2O)cc1N1CCC2(CCNC2)CC1. The first-order valence-corrected chi connectivity index (χ1v) is 8.54. The Morgan fingerprint density at radius 2 is 1.92 bits per heavy atom. The summed E-state index contributed by atoms with van der Waals surface area (Å²) >= 11 is 0. The lowest BCUT2D eigenvalue weighted by atomic mass is 9.78. The van der Waals surface area contributed by atoms with Gasteiger partial charge in [0.15, 0.2) is 5.82 Å². The molecule has 0 aliphatic carbocycles. The van der Waals surface area contributed by atoms with Crippen molar-refractivity contribution in [3.8, 4) is 17.0 Å². The number of rotatable bonds is 2. The minimum Gasteiger partial charge on any atom is -0.507 e. The van der Waals surface area contributed by atoms with Gasteiger partial charge in [-0.3, -0.25) is 0 Å². The number of phenols is 1. The Morgan fingerprint density at radius 1 is 1.12 bits per heavy atom. The summed E-state index contributed by atoms with van der Waals surface area (Å²) in [6.07, 6.45) is 3.62. The molecule has 3 heterocycles. The topological polar surface area (TPSA) is 87.3 Å². The van der Waals surface area contributed by atoms with Crippen LogP contribution in [0, 0.1) is 5.41 Å². The molecule has 2 saturated heterocycles. The fraction of sp³-hybridized carbons (Fsp3) is 0.444. The van der Waals surface area contributed by atoms with E-state index in [1.165, 1.54) is 19.3 Å². The highest BCUT2D eigenvalue weighted by Gasteiger charge is 2.37. The van der Waals surface area contributed by atoms with Gasteiger partial charge in [-0.25, -0.2) is 0 Å². The van der Waals surface area contributed by atoms with Crippen LogP contribution >= 0.6 is 0 Å². The van der Waals surface area contributed by atoms with Crippen LogP contribution < -0.4 is 16.0 Å². The van der Waals surface area contributed by atoms with Crippen molar-refractivity contribution in [3.63, 3.8) is 0 Å². The zero-order valence-corrected chi connectivity index (χ0v) is 13.7. The molecule has 4 N–H and O–H groups in total. The largest absolute Gasteiger partial charge is 0.507 e. The minimum absolute atomic E-state index is 0.206. The molecule has 1 aromatic carbocycles. The molecule has 0 saturated carbocycles. The Bertz CT molecular complexity index is 732. The molecule has 1 aromatic heterocycles. The van der Waals surface area contributed by atoms with Gasteiger partial charge in [-0.15, -0.1) is 10.2 Å². The lowest BCUT2D eigenvalue weighted by Crippen LogP contribution is -2.41. The number of nitrogens with zero attached hydrogens (tertiary/aromatic N) is 3. The van der Waals surface area contributed by atoms with Crippen molar-refractivity contribution in [1.82, 2.24) is 15.5 Å². The molecule has 2 fully saturated rings. The van der Waals surface area contributed by atoms with Crippen molar-refractivity contribution in [2.75, 3.05) is 36.8 Å². The van der Waals surface area contributed by atoms with Crippen LogP contribution in [0.5, 0.6) is 5.75 Å². The van der Waals surface area contributed by atoms with E-state index < -0.39 is 0 Å². The molecular weight excluding hydrogens is 302 g/mol. The van der Waals surface area contributed by atoms with Gasteiger partial charge in [0.25, 0.3) is 0 Å². The number of anilines is 2. The van der Waals surface area contributed by atoms with E-state index in [1.807, 2.05) is 18.2 Å². The summed E-state index contributed by atoms with van der Waals surface area (Å²) in [5.74, 6) is 0.659. The first kappa shape index (κ1) is 15.2. The zero-order chi connectivity index (χ0) is 16.6. The fourth-order valence-corrected chi connectivity index (χ4v) is 3.91. The van der Waals surface area contributed by atoms with E-state index in [0.717, 1.165) is 31.9 Å². The quantitative estimate of drug-likeness (QED) is 0.783. The Labute approximate surface area is 141 Å². The summed E-state index contributed by atoms with van der Waals surface area (Å²) in [7, 11) is 0. The maximum atomic E-state index is 10.1. The van der Waals surface area contributed by atoms with Gasteiger partial charge in [0, 0.05) is 25.2 Å². The van der Waals surface area contributed by atoms with Gasteiger partial charge in [0.2, 0.25) is 0 Å². The summed E-state index contributed by atoms with van der Waals surface area (Å²) in [5, 5.41) is 21.8. The van der Waals surface area contributed by atoms with Crippen LogP contribution in [-0.4, -0.2) is 41.5 Å². The summed E-state index contributed by atoms with van der Waals surface area (Å²) in [6, 6.07) is 9.12. The second-order valence-corrected chi connectivity index (χ2v) is 6.93. The number of phenolic OH excluding ortho intramolecular Hbond substituents is 1. The van der Waals surface area contributed by atoms with Crippen LogP contribution in [0.3, 0.4) is 0 Å². The van der Waals surface area contributed by atoms with Gasteiger partial charge in [-0.2, -0.15) is 0 Å². The molecule has 0 unspecified atom stereocenters. The average molecular weight is 325 g/mol. The Kier molecular flexibility index (Phi) is 3.76. The van der Waals surface area contributed by atoms with Crippen LogP contribution in [0.4, 0.5) is 11.5 Å². The standard InChI is InChI=1S/C18H23N5O/c19-17-15(23-9-6-18(7-10-23)5-8-20-12-18)11-14(21-22-17)13-3-1-2-4-16(13)24/h1-4,11,20,24H,5-10,12H2,(H2,19,22). The van der Waals surface area contributed by atoms with Gasteiger partial charge in [0.05, 0.1) is 11.4 Å². The first-order chi connectivity index (χ1) is 11.7. The zero-order valence-electron chi connectivity index (χ0n) is 13.7. The molecule has 2 aliphatic heterocycles. The van der Waals surface area contributed by atoms with Crippen LogP contribution in [0.1, 0.15) is 19.3 Å². The normalized spacial score (nSPS) is 19.8. The van der Waals surface area contributed by atoms with Crippen molar-refractivity contribution in [3.05, 3.63) is 30.3 Å². The maximum absolute atomic E-state index is 10.1. The van der Waals surface area contributed by atoms with Crippen LogP contribution in [0.15, 0.2) is 30.3 Å². The molecule has 2 aromatic rings. The number of aromatic nitrogens is 2. The van der Waals surface area contributed by atoms with Crippen LogP contribution in [0.25, 0.3) is 11.3 Å². The number of nitrogens with two attached hydrogens (primary N) is 1. The summed E-state index contributed by atoms with van der Waals surface area (Å²) in [5.41, 5.74) is 8.81. The third-order valence-corrected chi connectivity index (χ3v) is 5.48. The van der Waals surface area contributed by atoms with Gasteiger partial charge in [-0.1, -0.05) is 12.1 Å². The fourth-order valence-electron chi connectivity index (χ4n) is 3.91. The molecule has 4 rings (SSSR count). The van der Waals surface area contributed by atoms with Gasteiger partial charge < -0.3 is 21.1 Å². The number of piperidine rings is 1. The smallest absolute Gasteiger partial charge is 0.169 e. The molecular formula is C18H23N5O. The van der Waals surface area contributed by atoms with Crippen LogP contribution in [-0.2, 0) is 0 Å². The predicted molar refractivity (Wildman–Crippen MR) is 94.9 cm³/mol. The van der Waals surface area contributed by atoms with Gasteiger partial charge in [0.1, 0.15) is 5.75 Å². The van der Waals surface area contributed by atoms with E-state index in [1.54, 1.807) is 12.1 Å². The van der Waals surface area contributed by atoms with E-state index in [9.17, 15) is 5.11 Å². The third-order valence-electron chi connectivity index (χ3n) is 5.48. The van der Waals surface area contributed by atoms with Gasteiger partial charge >= 0.3 is 0 Å². The number of hydrogen-bond donors (Lipinski definition) is 3. The maximum Gasteiger partial charge on any atom is 0.169 e. The molecule has 0 amide bonds. The average Bonchev–Trinajstić information content (AvgIpc) is 3.05. The molecule has 1 spiro atoms. The number of aromatic hydroxyl groups is 1. The first-order valence-electron chi connectivity index (χ1n) is 8.54. The van der Waals surface area contributed by atoms with Crippen molar-refractivity contribution < 1.29 is 5.11 Å². The molecule has 6 nitrogen and oxygen atoms in total. The van der Waals surface area contributed by atoms with Crippen molar-refractivity contribution in [2.24, 2.45) is 5.41 Å². The molecule has 0 bridgehead atoms. The highest BCUT2D eigenvalue weighted by molar-refractivity contribution is 5.74. The van der Waals surface area contributed by atoms with E-state index in [-0.39, 0.29) is 5.75 Å². The Morgan fingerprint density at radius 3 is 2.62 bits per heavy atom.